The van der Waals surface area contributed by atoms with Crippen LogP contribution in [0.1, 0.15) is 23.1 Å². The molecule has 0 unspecified atom stereocenters. The Bertz CT molecular complexity index is 1160. The number of thiazole rings is 1. The van der Waals surface area contributed by atoms with Gasteiger partial charge in [-0.1, -0.05) is 47.7 Å². The number of amides is 1. The molecule has 0 fully saturated rings. The Morgan fingerprint density at radius 2 is 1.81 bits per heavy atom. The minimum atomic E-state index is -3.35. The van der Waals surface area contributed by atoms with Crippen LogP contribution in [0.4, 0.5) is 0 Å². The highest BCUT2D eigenvalue weighted by molar-refractivity contribution is 7.90. The molecule has 3 aromatic rings. The standard InChI is InChI=1S/C20H22N2O3S2/c1-14-9-10-17-19(15(14)2)22(3)20(26-17)21-18(23)11-12-27(24,25)13-16-7-5-4-6-8-16/h4-10H,11-13H2,1-3H3. The number of sulfone groups is 1. The molecule has 1 amide bonds. The molecule has 0 N–H and O–H groups in total. The van der Waals surface area contributed by atoms with Crippen molar-refractivity contribution in [1.29, 1.82) is 0 Å². The maximum Gasteiger partial charge on any atom is 0.249 e. The first-order valence-corrected chi connectivity index (χ1v) is 11.3. The molecule has 1 heterocycles. The molecule has 0 radical (unpaired) electrons. The summed E-state index contributed by atoms with van der Waals surface area (Å²) in [6, 6.07) is 13.1. The van der Waals surface area contributed by atoms with E-state index in [1.54, 1.807) is 24.3 Å². The van der Waals surface area contributed by atoms with E-state index in [9.17, 15) is 13.2 Å². The number of hydrogen-bond acceptors (Lipinski definition) is 4. The van der Waals surface area contributed by atoms with E-state index in [0.717, 1.165) is 21.3 Å². The van der Waals surface area contributed by atoms with Crippen LogP contribution in [-0.2, 0) is 27.4 Å². The molecule has 0 aliphatic heterocycles. The summed E-state index contributed by atoms with van der Waals surface area (Å²) < 4.78 is 27.5. The first-order valence-electron chi connectivity index (χ1n) is 8.64. The van der Waals surface area contributed by atoms with E-state index in [1.807, 2.05) is 37.6 Å². The normalized spacial score (nSPS) is 12.6. The van der Waals surface area contributed by atoms with Crippen LogP contribution in [0.2, 0.25) is 0 Å². The molecule has 7 heteroatoms. The molecule has 0 saturated carbocycles. The third-order valence-corrected chi connectivity index (χ3v) is 7.26. The molecule has 5 nitrogen and oxygen atoms in total. The van der Waals surface area contributed by atoms with Crippen LogP contribution in [0.5, 0.6) is 0 Å². The zero-order chi connectivity index (χ0) is 19.6. The minimum Gasteiger partial charge on any atom is -0.319 e. The zero-order valence-electron chi connectivity index (χ0n) is 15.6. The summed E-state index contributed by atoms with van der Waals surface area (Å²) in [7, 11) is -1.47. The van der Waals surface area contributed by atoms with E-state index in [-0.39, 0.29) is 17.9 Å². The second-order valence-corrected chi connectivity index (χ2v) is 9.82. The van der Waals surface area contributed by atoms with E-state index in [4.69, 9.17) is 0 Å². The van der Waals surface area contributed by atoms with Gasteiger partial charge in [-0.25, -0.2) is 8.42 Å². The number of rotatable bonds is 5. The third kappa shape index (κ3) is 4.54. The van der Waals surface area contributed by atoms with Gasteiger partial charge in [-0.2, -0.15) is 4.99 Å². The fourth-order valence-electron chi connectivity index (χ4n) is 2.94. The lowest BCUT2D eigenvalue weighted by Gasteiger charge is -2.04. The van der Waals surface area contributed by atoms with Crippen LogP contribution in [-0.4, -0.2) is 24.6 Å². The monoisotopic (exact) mass is 402 g/mol. The molecule has 0 spiro atoms. The number of nitrogens with zero attached hydrogens (tertiary/aromatic N) is 2. The molecule has 1 aromatic heterocycles. The number of aryl methyl sites for hydroxylation is 3. The molecule has 0 saturated heterocycles. The Morgan fingerprint density at radius 1 is 1.11 bits per heavy atom. The molecule has 0 atom stereocenters. The predicted molar refractivity (Wildman–Crippen MR) is 109 cm³/mol. The van der Waals surface area contributed by atoms with E-state index in [1.165, 1.54) is 16.9 Å². The first kappa shape index (κ1) is 19.5. The van der Waals surface area contributed by atoms with E-state index < -0.39 is 15.7 Å². The fraction of sp³-hybridized carbons (Fsp3) is 0.300. The highest BCUT2D eigenvalue weighted by Crippen LogP contribution is 2.23. The van der Waals surface area contributed by atoms with Crippen molar-refractivity contribution < 1.29 is 13.2 Å². The Labute approximate surface area is 162 Å². The Kier molecular flexibility index (Phi) is 5.62. The average Bonchev–Trinajstić information content (AvgIpc) is 2.93. The van der Waals surface area contributed by atoms with E-state index in [2.05, 4.69) is 11.1 Å². The first-order chi connectivity index (χ1) is 12.8. The summed E-state index contributed by atoms with van der Waals surface area (Å²) in [6.07, 6.45) is -0.110. The third-order valence-electron chi connectivity index (χ3n) is 4.57. The lowest BCUT2D eigenvalue weighted by atomic mass is 10.1. The smallest absolute Gasteiger partial charge is 0.249 e. The summed E-state index contributed by atoms with van der Waals surface area (Å²) >= 11 is 1.44. The van der Waals surface area contributed by atoms with Gasteiger partial charge in [-0.15, -0.1) is 0 Å². The fourth-order valence-corrected chi connectivity index (χ4v) is 5.37. The van der Waals surface area contributed by atoms with Gasteiger partial charge in [0.1, 0.15) is 0 Å². The van der Waals surface area contributed by atoms with Crippen molar-refractivity contribution in [2.75, 3.05) is 5.75 Å². The molecular weight excluding hydrogens is 380 g/mol. The minimum absolute atomic E-state index is 0.0593. The van der Waals surface area contributed by atoms with Gasteiger partial charge in [0.2, 0.25) is 5.91 Å². The Morgan fingerprint density at radius 3 is 2.52 bits per heavy atom. The van der Waals surface area contributed by atoms with Crippen LogP contribution >= 0.6 is 11.3 Å². The number of benzene rings is 2. The number of aromatic nitrogens is 1. The lowest BCUT2D eigenvalue weighted by molar-refractivity contribution is -0.117. The van der Waals surface area contributed by atoms with Gasteiger partial charge in [0.15, 0.2) is 14.6 Å². The summed E-state index contributed by atoms with van der Waals surface area (Å²) in [4.78, 5) is 17.0. The maximum atomic E-state index is 12.3. The van der Waals surface area contributed by atoms with Gasteiger partial charge in [0.25, 0.3) is 0 Å². The van der Waals surface area contributed by atoms with Crippen molar-refractivity contribution >= 4 is 37.3 Å². The van der Waals surface area contributed by atoms with Crippen LogP contribution in [0.15, 0.2) is 47.5 Å². The molecule has 0 bridgehead atoms. The quantitative estimate of drug-likeness (QED) is 0.658. The van der Waals surface area contributed by atoms with Crippen molar-refractivity contribution in [3.05, 3.63) is 64.0 Å². The van der Waals surface area contributed by atoms with E-state index in [0.29, 0.717) is 4.80 Å². The average molecular weight is 403 g/mol. The van der Waals surface area contributed by atoms with Gasteiger partial charge < -0.3 is 4.57 Å². The molecular formula is C20H22N2O3S2. The molecule has 3 rings (SSSR count). The molecule has 0 aliphatic carbocycles. The Hall–Kier alpha value is -2.25. The van der Waals surface area contributed by atoms with Crippen molar-refractivity contribution in [2.24, 2.45) is 12.0 Å². The largest absolute Gasteiger partial charge is 0.319 e. The van der Waals surface area contributed by atoms with Gasteiger partial charge in [0.05, 0.1) is 21.7 Å². The highest BCUT2D eigenvalue weighted by Gasteiger charge is 2.15. The molecule has 142 valence electrons. The van der Waals surface area contributed by atoms with Gasteiger partial charge >= 0.3 is 0 Å². The zero-order valence-corrected chi connectivity index (χ0v) is 17.2. The van der Waals surface area contributed by atoms with Crippen molar-refractivity contribution in [3.8, 4) is 0 Å². The highest BCUT2D eigenvalue weighted by atomic mass is 32.2. The summed E-state index contributed by atoms with van der Waals surface area (Å²) in [5, 5.41) is 0. The van der Waals surface area contributed by atoms with Crippen LogP contribution in [0.25, 0.3) is 10.2 Å². The number of carbonyl (C=O) groups is 1. The van der Waals surface area contributed by atoms with Crippen molar-refractivity contribution in [1.82, 2.24) is 4.57 Å². The summed E-state index contributed by atoms with van der Waals surface area (Å²) in [5.41, 5.74) is 4.12. The van der Waals surface area contributed by atoms with Crippen LogP contribution in [0.3, 0.4) is 0 Å². The van der Waals surface area contributed by atoms with E-state index >= 15 is 0 Å². The predicted octanol–water partition coefficient (Wildman–Crippen LogP) is 3.29. The number of fused-ring (bicyclic) bond motifs is 1. The van der Waals surface area contributed by atoms with Crippen LogP contribution < -0.4 is 4.80 Å². The molecule has 2 aromatic carbocycles. The van der Waals surface area contributed by atoms with Gasteiger partial charge in [-0.3, -0.25) is 4.79 Å². The number of hydrogen-bond donors (Lipinski definition) is 0. The van der Waals surface area contributed by atoms with Gasteiger partial charge in [0, 0.05) is 13.5 Å². The SMILES string of the molecule is Cc1ccc2sc(=NC(=O)CCS(=O)(=O)Cc3ccccc3)n(C)c2c1C. The number of carbonyl (C=O) groups excluding carboxylic acids is 1. The lowest BCUT2D eigenvalue weighted by Crippen LogP contribution is -2.16. The van der Waals surface area contributed by atoms with Crippen molar-refractivity contribution in [3.63, 3.8) is 0 Å². The van der Waals surface area contributed by atoms with Crippen LogP contribution in [0, 0.1) is 13.8 Å². The second-order valence-electron chi connectivity index (χ2n) is 6.63. The molecule has 0 aliphatic rings. The van der Waals surface area contributed by atoms with Crippen molar-refractivity contribution in [2.45, 2.75) is 26.0 Å². The maximum absolute atomic E-state index is 12.3. The summed E-state index contributed by atoms with van der Waals surface area (Å²) in [5.74, 6) is -0.670. The summed E-state index contributed by atoms with van der Waals surface area (Å²) in [6.45, 7) is 4.10. The molecule has 27 heavy (non-hydrogen) atoms. The second kappa shape index (κ2) is 7.78. The van der Waals surface area contributed by atoms with Gasteiger partial charge in [-0.05, 0) is 36.6 Å². The topological polar surface area (TPSA) is 68.5 Å². The Balaban J connectivity index is 1.76.